The van der Waals surface area contributed by atoms with E-state index in [-0.39, 0.29) is 0 Å². The molecule has 1 N–H and O–H groups in total. The number of hydrogen-bond acceptors (Lipinski definition) is 1. The largest absolute Gasteiger partial charge is 0.316 e. The lowest BCUT2D eigenvalue weighted by atomic mass is 9.75. The van der Waals surface area contributed by atoms with E-state index in [2.05, 4.69) is 31.3 Å². The second-order valence-electron chi connectivity index (χ2n) is 5.03. The number of benzene rings is 1. The summed E-state index contributed by atoms with van der Waals surface area (Å²) in [5, 5.41) is 4.42. The lowest BCUT2D eigenvalue weighted by Crippen LogP contribution is -2.38. The van der Waals surface area contributed by atoms with Gasteiger partial charge in [-0.15, -0.1) is 0 Å². The van der Waals surface area contributed by atoms with Crippen molar-refractivity contribution in [1.82, 2.24) is 5.32 Å². The first-order valence-corrected chi connectivity index (χ1v) is 6.53. The topological polar surface area (TPSA) is 12.0 Å². The van der Waals surface area contributed by atoms with Gasteiger partial charge in [-0.2, -0.15) is 0 Å². The van der Waals surface area contributed by atoms with Crippen LogP contribution >= 0.6 is 11.6 Å². The van der Waals surface area contributed by atoms with E-state index in [0.29, 0.717) is 17.8 Å². The Kier molecular flexibility index (Phi) is 3.88. The Morgan fingerprint density at radius 3 is 2.75 bits per heavy atom. The van der Waals surface area contributed by atoms with Gasteiger partial charge in [-0.05, 0) is 48.9 Å². The molecule has 2 heteroatoms. The SMILES string of the molecule is CC(C)C1CNCCC1c1ccccc1Cl. The van der Waals surface area contributed by atoms with Crippen molar-refractivity contribution >= 4 is 11.6 Å². The van der Waals surface area contributed by atoms with Crippen LogP contribution in [-0.4, -0.2) is 13.1 Å². The molecule has 0 bridgehead atoms. The third kappa shape index (κ3) is 2.41. The fraction of sp³-hybridized carbons (Fsp3) is 0.571. The maximum absolute atomic E-state index is 6.31. The van der Waals surface area contributed by atoms with Gasteiger partial charge < -0.3 is 5.32 Å². The third-order valence-corrected chi connectivity index (χ3v) is 4.03. The third-order valence-electron chi connectivity index (χ3n) is 3.69. The quantitative estimate of drug-likeness (QED) is 0.827. The molecule has 1 nitrogen and oxygen atoms in total. The van der Waals surface area contributed by atoms with Gasteiger partial charge in [-0.1, -0.05) is 43.6 Å². The molecule has 0 spiro atoms. The van der Waals surface area contributed by atoms with E-state index in [1.165, 1.54) is 12.0 Å². The molecule has 16 heavy (non-hydrogen) atoms. The average Bonchev–Trinajstić information content (AvgIpc) is 2.29. The van der Waals surface area contributed by atoms with E-state index in [0.717, 1.165) is 18.1 Å². The van der Waals surface area contributed by atoms with E-state index in [4.69, 9.17) is 11.6 Å². The monoisotopic (exact) mass is 237 g/mol. The molecule has 0 saturated carbocycles. The van der Waals surface area contributed by atoms with Crippen LogP contribution in [0.2, 0.25) is 5.02 Å². The normalized spacial score (nSPS) is 26.0. The lowest BCUT2D eigenvalue weighted by molar-refractivity contribution is 0.255. The number of halogens is 1. The number of rotatable bonds is 2. The molecule has 1 saturated heterocycles. The molecule has 88 valence electrons. The molecule has 0 radical (unpaired) electrons. The van der Waals surface area contributed by atoms with Gasteiger partial charge in [0, 0.05) is 5.02 Å². The van der Waals surface area contributed by atoms with Gasteiger partial charge in [0.2, 0.25) is 0 Å². The van der Waals surface area contributed by atoms with Crippen LogP contribution in [0, 0.1) is 11.8 Å². The molecule has 0 aromatic heterocycles. The highest BCUT2D eigenvalue weighted by Crippen LogP contribution is 2.37. The summed E-state index contributed by atoms with van der Waals surface area (Å²) in [4.78, 5) is 0. The summed E-state index contributed by atoms with van der Waals surface area (Å²) in [5.74, 6) is 2.03. The minimum Gasteiger partial charge on any atom is -0.316 e. The zero-order chi connectivity index (χ0) is 11.5. The van der Waals surface area contributed by atoms with Gasteiger partial charge in [0.05, 0.1) is 0 Å². The molecule has 1 aliphatic rings. The fourth-order valence-electron chi connectivity index (χ4n) is 2.74. The van der Waals surface area contributed by atoms with Crippen molar-refractivity contribution in [3.8, 4) is 0 Å². The second kappa shape index (κ2) is 5.20. The van der Waals surface area contributed by atoms with E-state index < -0.39 is 0 Å². The second-order valence-corrected chi connectivity index (χ2v) is 5.44. The lowest BCUT2D eigenvalue weighted by Gasteiger charge is -2.35. The first kappa shape index (κ1) is 11.9. The Balaban J connectivity index is 2.27. The van der Waals surface area contributed by atoms with Crippen LogP contribution in [0.1, 0.15) is 31.7 Å². The van der Waals surface area contributed by atoms with Crippen LogP contribution in [0.5, 0.6) is 0 Å². The maximum Gasteiger partial charge on any atom is 0.0440 e. The van der Waals surface area contributed by atoms with Crippen molar-refractivity contribution in [2.24, 2.45) is 11.8 Å². The Labute approximate surface area is 103 Å². The van der Waals surface area contributed by atoms with Crippen molar-refractivity contribution in [2.45, 2.75) is 26.2 Å². The van der Waals surface area contributed by atoms with Gasteiger partial charge in [0.15, 0.2) is 0 Å². The summed E-state index contributed by atoms with van der Waals surface area (Å²) in [6.45, 7) is 6.84. The van der Waals surface area contributed by atoms with Crippen LogP contribution < -0.4 is 5.32 Å². The highest BCUT2D eigenvalue weighted by atomic mass is 35.5. The molecular formula is C14H20ClN. The molecule has 2 unspecified atom stereocenters. The zero-order valence-electron chi connectivity index (χ0n) is 10.0. The van der Waals surface area contributed by atoms with E-state index in [9.17, 15) is 0 Å². The number of piperidine rings is 1. The smallest absolute Gasteiger partial charge is 0.0440 e. The summed E-state index contributed by atoms with van der Waals surface area (Å²) in [5.41, 5.74) is 1.34. The fourth-order valence-corrected chi connectivity index (χ4v) is 3.02. The van der Waals surface area contributed by atoms with Crippen molar-refractivity contribution in [3.63, 3.8) is 0 Å². The summed E-state index contributed by atoms with van der Waals surface area (Å²) in [6.07, 6.45) is 1.20. The summed E-state index contributed by atoms with van der Waals surface area (Å²) >= 11 is 6.31. The standard InChI is InChI=1S/C14H20ClN/c1-10(2)13-9-16-8-7-11(13)12-5-3-4-6-14(12)15/h3-6,10-11,13,16H,7-9H2,1-2H3. The Morgan fingerprint density at radius 1 is 1.31 bits per heavy atom. The predicted molar refractivity (Wildman–Crippen MR) is 70.0 cm³/mol. The molecular weight excluding hydrogens is 218 g/mol. The summed E-state index contributed by atoms with van der Waals surface area (Å²) < 4.78 is 0. The average molecular weight is 238 g/mol. The number of nitrogens with one attached hydrogen (secondary N) is 1. The number of hydrogen-bond donors (Lipinski definition) is 1. The molecule has 2 atom stereocenters. The first-order valence-electron chi connectivity index (χ1n) is 6.15. The van der Waals surface area contributed by atoms with Crippen LogP contribution in [-0.2, 0) is 0 Å². The van der Waals surface area contributed by atoms with Crippen LogP contribution in [0.25, 0.3) is 0 Å². The molecule has 2 rings (SSSR count). The Hall–Kier alpha value is -0.530. The van der Waals surface area contributed by atoms with Gasteiger partial charge in [0.1, 0.15) is 0 Å². The van der Waals surface area contributed by atoms with Crippen molar-refractivity contribution in [2.75, 3.05) is 13.1 Å². The van der Waals surface area contributed by atoms with Crippen LogP contribution in [0.3, 0.4) is 0 Å². The van der Waals surface area contributed by atoms with Crippen molar-refractivity contribution in [3.05, 3.63) is 34.9 Å². The Morgan fingerprint density at radius 2 is 2.06 bits per heavy atom. The molecule has 0 aliphatic carbocycles. The molecule has 1 fully saturated rings. The minimum atomic E-state index is 0.620. The van der Waals surface area contributed by atoms with Gasteiger partial charge >= 0.3 is 0 Å². The van der Waals surface area contributed by atoms with Crippen LogP contribution in [0.15, 0.2) is 24.3 Å². The van der Waals surface area contributed by atoms with E-state index in [1.54, 1.807) is 0 Å². The van der Waals surface area contributed by atoms with Crippen LogP contribution in [0.4, 0.5) is 0 Å². The van der Waals surface area contributed by atoms with Gasteiger partial charge in [-0.25, -0.2) is 0 Å². The highest BCUT2D eigenvalue weighted by Gasteiger charge is 2.29. The maximum atomic E-state index is 6.31. The van der Waals surface area contributed by atoms with E-state index >= 15 is 0 Å². The van der Waals surface area contributed by atoms with E-state index in [1.807, 2.05) is 12.1 Å². The Bertz CT molecular complexity index is 348. The van der Waals surface area contributed by atoms with Crippen molar-refractivity contribution < 1.29 is 0 Å². The molecule has 1 aromatic rings. The molecule has 0 amide bonds. The van der Waals surface area contributed by atoms with Gasteiger partial charge in [-0.3, -0.25) is 0 Å². The highest BCUT2D eigenvalue weighted by molar-refractivity contribution is 6.31. The van der Waals surface area contributed by atoms with Crippen molar-refractivity contribution in [1.29, 1.82) is 0 Å². The molecule has 1 heterocycles. The zero-order valence-corrected chi connectivity index (χ0v) is 10.8. The predicted octanol–water partition coefficient (Wildman–Crippen LogP) is 3.69. The minimum absolute atomic E-state index is 0.620. The first-order chi connectivity index (χ1) is 7.70. The summed E-state index contributed by atoms with van der Waals surface area (Å²) in [7, 11) is 0. The molecule has 1 aliphatic heterocycles. The summed E-state index contributed by atoms with van der Waals surface area (Å²) in [6, 6.07) is 8.31. The van der Waals surface area contributed by atoms with Gasteiger partial charge in [0.25, 0.3) is 0 Å². The molecule has 1 aromatic carbocycles.